The van der Waals surface area contributed by atoms with Crippen LogP contribution in [0.1, 0.15) is 37.9 Å². The molecule has 0 spiro atoms. The Kier molecular flexibility index (Phi) is 8.60. The molecule has 1 amide bonds. The summed E-state index contributed by atoms with van der Waals surface area (Å²) < 4.78 is 8.15. The third kappa shape index (κ3) is 6.51. The summed E-state index contributed by atoms with van der Waals surface area (Å²) in [6.07, 6.45) is 2.63. The molecule has 9 nitrogen and oxygen atoms in total. The van der Waals surface area contributed by atoms with Crippen LogP contribution in [0, 0.1) is 5.92 Å². The largest absolute Gasteiger partial charge is 0.508 e. The van der Waals surface area contributed by atoms with Crippen LogP contribution in [0.3, 0.4) is 0 Å². The van der Waals surface area contributed by atoms with Crippen molar-refractivity contribution in [1.82, 2.24) is 24.8 Å². The summed E-state index contributed by atoms with van der Waals surface area (Å²) in [4.78, 5) is 16.9. The Bertz CT molecular complexity index is 874. The fourth-order valence-corrected chi connectivity index (χ4v) is 4.08. The first-order valence-corrected chi connectivity index (χ1v) is 11.2. The van der Waals surface area contributed by atoms with Gasteiger partial charge in [-0.25, -0.2) is 4.68 Å². The SMILES string of the molecule is C[C@@H]1CN([C@@H](C)CO)C(=O)CCCn2nncc2CO[C@@H]1CN(C)Cc1cccc(O)c1. The molecule has 1 aliphatic rings. The summed E-state index contributed by atoms with van der Waals surface area (Å²) in [6, 6.07) is 6.99. The first-order valence-electron chi connectivity index (χ1n) is 11.2. The number of aromatic nitrogens is 3. The minimum absolute atomic E-state index is 0.0347. The summed E-state index contributed by atoms with van der Waals surface area (Å²) in [5.41, 5.74) is 1.91. The Balaban J connectivity index is 1.77. The second kappa shape index (κ2) is 11.4. The molecular weight excluding hydrogens is 410 g/mol. The number of carbonyl (C=O) groups excluding carboxylic acids is 1. The summed E-state index contributed by atoms with van der Waals surface area (Å²) >= 11 is 0. The average molecular weight is 446 g/mol. The van der Waals surface area contributed by atoms with E-state index in [1.54, 1.807) is 27.9 Å². The predicted octanol–water partition coefficient (Wildman–Crippen LogP) is 1.64. The molecule has 2 heterocycles. The molecule has 9 heteroatoms. The van der Waals surface area contributed by atoms with E-state index in [9.17, 15) is 15.0 Å². The number of aromatic hydroxyl groups is 1. The highest BCUT2D eigenvalue weighted by atomic mass is 16.5. The Morgan fingerprint density at radius 2 is 2.19 bits per heavy atom. The lowest BCUT2D eigenvalue weighted by atomic mass is 10.0. The number of fused-ring (bicyclic) bond motifs is 1. The van der Waals surface area contributed by atoms with Gasteiger partial charge in [-0.1, -0.05) is 24.3 Å². The summed E-state index contributed by atoms with van der Waals surface area (Å²) in [5, 5.41) is 27.6. The minimum atomic E-state index is -0.250. The number of aliphatic hydroxyl groups is 1. The molecule has 0 saturated heterocycles. The molecule has 0 saturated carbocycles. The van der Waals surface area contributed by atoms with Crippen LogP contribution in [0.15, 0.2) is 30.5 Å². The van der Waals surface area contributed by atoms with Crippen molar-refractivity contribution in [2.75, 3.05) is 26.7 Å². The van der Waals surface area contributed by atoms with E-state index < -0.39 is 0 Å². The van der Waals surface area contributed by atoms with Crippen molar-refractivity contribution < 1.29 is 19.7 Å². The lowest BCUT2D eigenvalue weighted by Crippen LogP contribution is -2.47. The van der Waals surface area contributed by atoms with Gasteiger partial charge in [-0.15, -0.1) is 5.10 Å². The van der Waals surface area contributed by atoms with Gasteiger partial charge < -0.3 is 19.8 Å². The van der Waals surface area contributed by atoms with Gasteiger partial charge in [-0.2, -0.15) is 0 Å². The van der Waals surface area contributed by atoms with Crippen LogP contribution < -0.4 is 0 Å². The topological polar surface area (TPSA) is 104 Å². The number of likely N-dealkylation sites (N-methyl/N-ethyl adjacent to an activating group) is 1. The van der Waals surface area contributed by atoms with Gasteiger partial charge in [0.05, 0.1) is 37.3 Å². The van der Waals surface area contributed by atoms with E-state index in [1.807, 2.05) is 26.1 Å². The highest BCUT2D eigenvalue weighted by Crippen LogP contribution is 2.19. The Hall–Kier alpha value is -2.49. The molecule has 0 aliphatic carbocycles. The van der Waals surface area contributed by atoms with Gasteiger partial charge in [0.25, 0.3) is 0 Å². The standard InChI is InChI=1S/C23H35N5O4/c1-17-12-27(18(2)15-29)23(31)8-5-9-28-20(11-24-25-28)16-32-22(17)14-26(3)13-19-6-4-7-21(30)10-19/h4,6-7,10-11,17-18,22,29-30H,5,8-9,12-16H2,1-3H3/t17-,18+,22-/m1/s1. The number of amides is 1. The normalized spacial score (nSPS) is 21.7. The number of rotatable bonds is 6. The molecular formula is C23H35N5O4. The summed E-state index contributed by atoms with van der Waals surface area (Å²) in [6.45, 7) is 6.70. The average Bonchev–Trinajstić information content (AvgIpc) is 3.20. The van der Waals surface area contributed by atoms with Gasteiger partial charge in [0.1, 0.15) is 5.75 Å². The number of aliphatic hydroxyl groups excluding tert-OH is 1. The number of phenols is 1. The maximum atomic E-state index is 12.9. The van der Waals surface area contributed by atoms with Crippen molar-refractivity contribution in [3.05, 3.63) is 41.7 Å². The smallest absolute Gasteiger partial charge is 0.222 e. The molecule has 0 unspecified atom stereocenters. The second-order valence-electron chi connectivity index (χ2n) is 8.82. The quantitative estimate of drug-likeness (QED) is 0.697. The molecule has 32 heavy (non-hydrogen) atoms. The fraction of sp³-hybridized carbons (Fsp3) is 0.609. The lowest BCUT2D eigenvalue weighted by Gasteiger charge is -2.35. The van der Waals surface area contributed by atoms with Crippen LogP contribution in [0.4, 0.5) is 0 Å². The van der Waals surface area contributed by atoms with Gasteiger partial charge in [-0.05, 0) is 38.1 Å². The number of nitrogens with zero attached hydrogens (tertiary/aromatic N) is 5. The summed E-state index contributed by atoms with van der Waals surface area (Å²) in [7, 11) is 2.02. The van der Waals surface area contributed by atoms with E-state index in [1.165, 1.54) is 0 Å². The lowest BCUT2D eigenvalue weighted by molar-refractivity contribution is -0.136. The van der Waals surface area contributed by atoms with Gasteiger partial charge in [-0.3, -0.25) is 9.69 Å². The zero-order chi connectivity index (χ0) is 23.1. The van der Waals surface area contributed by atoms with Crippen molar-refractivity contribution >= 4 is 5.91 Å². The highest BCUT2D eigenvalue weighted by Gasteiger charge is 2.28. The third-order valence-corrected chi connectivity index (χ3v) is 5.99. The van der Waals surface area contributed by atoms with E-state index >= 15 is 0 Å². The van der Waals surface area contributed by atoms with Crippen LogP contribution in [-0.2, 0) is 29.2 Å². The molecule has 0 fully saturated rings. The number of hydrogen-bond donors (Lipinski definition) is 2. The number of ether oxygens (including phenoxy) is 1. The zero-order valence-electron chi connectivity index (χ0n) is 19.2. The maximum absolute atomic E-state index is 12.9. The van der Waals surface area contributed by atoms with E-state index in [2.05, 4.69) is 22.1 Å². The maximum Gasteiger partial charge on any atom is 0.222 e. The third-order valence-electron chi connectivity index (χ3n) is 5.99. The van der Waals surface area contributed by atoms with E-state index in [4.69, 9.17) is 4.74 Å². The van der Waals surface area contributed by atoms with Gasteiger partial charge in [0.15, 0.2) is 0 Å². The van der Waals surface area contributed by atoms with Crippen molar-refractivity contribution in [3.63, 3.8) is 0 Å². The van der Waals surface area contributed by atoms with Crippen LogP contribution in [0.5, 0.6) is 5.75 Å². The van der Waals surface area contributed by atoms with Gasteiger partial charge in [0, 0.05) is 38.5 Å². The molecule has 176 valence electrons. The minimum Gasteiger partial charge on any atom is -0.508 e. The van der Waals surface area contributed by atoms with Crippen molar-refractivity contribution in [1.29, 1.82) is 0 Å². The molecule has 1 aromatic heterocycles. The number of benzene rings is 1. The Morgan fingerprint density at radius 1 is 1.38 bits per heavy atom. The molecule has 0 bridgehead atoms. The van der Waals surface area contributed by atoms with Gasteiger partial charge in [0.2, 0.25) is 5.91 Å². The van der Waals surface area contributed by atoms with E-state index in [-0.39, 0.29) is 36.3 Å². The Labute approximate surface area is 189 Å². The summed E-state index contributed by atoms with van der Waals surface area (Å²) in [5.74, 6) is 0.329. The van der Waals surface area contributed by atoms with Gasteiger partial charge >= 0.3 is 0 Å². The monoisotopic (exact) mass is 445 g/mol. The van der Waals surface area contributed by atoms with Crippen LogP contribution >= 0.6 is 0 Å². The predicted molar refractivity (Wildman–Crippen MR) is 120 cm³/mol. The van der Waals surface area contributed by atoms with Crippen molar-refractivity contribution in [3.8, 4) is 5.75 Å². The molecule has 1 aromatic carbocycles. The van der Waals surface area contributed by atoms with Crippen LogP contribution in [-0.4, -0.2) is 79.8 Å². The van der Waals surface area contributed by atoms with E-state index in [0.29, 0.717) is 45.6 Å². The molecule has 3 atom stereocenters. The molecule has 2 aromatic rings. The zero-order valence-corrected chi connectivity index (χ0v) is 19.2. The second-order valence-corrected chi connectivity index (χ2v) is 8.82. The first kappa shape index (κ1) is 24.2. The highest BCUT2D eigenvalue weighted by molar-refractivity contribution is 5.76. The Morgan fingerprint density at radius 3 is 2.94 bits per heavy atom. The number of aryl methyl sites for hydroxylation is 1. The number of carbonyl (C=O) groups is 1. The molecule has 0 radical (unpaired) electrons. The molecule has 1 aliphatic heterocycles. The molecule has 2 N–H and O–H groups in total. The van der Waals surface area contributed by atoms with Crippen LogP contribution in [0.2, 0.25) is 0 Å². The first-order chi connectivity index (χ1) is 15.4. The fourth-order valence-electron chi connectivity index (χ4n) is 4.08. The van der Waals surface area contributed by atoms with Crippen molar-refractivity contribution in [2.45, 2.75) is 58.5 Å². The van der Waals surface area contributed by atoms with Crippen LogP contribution in [0.25, 0.3) is 0 Å². The molecule has 3 rings (SSSR count). The number of phenolic OH excluding ortho intramolecular Hbond substituents is 1. The van der Waals surface area contributed by atoms with Crippen molar-refractivity contribution in [2.24, 2.45) is 5.92 Å². The number of hydrogen-bond acceptors (Lipinski definition) is 7. The van der Waals surface area contributed by atoms with E-state index in [0.717, 1.165) is 11.3 Å².